The van der Waals surface area contributed by atoms with Crippen LogP contribution >= 0.6 is 23.2 Å². The van der Waals surface area contributed by atoms with E-state index in [0.29, 0.717) is 5.56 Å². The maximum absolute atomic E-state index is 13.0. The second-order valence-corrected chi connectivity index (χ2v) is 7.26. The van der Waals surface area contributed by atoms with Gasteiger partial charge in [-0.3, -0.25) is 9.78 Å². The Morgan fingerprint density at radius 2 is 1.81 bits per heavy atom. The highest BCUT2D eigenvalue weighted by Gasteiger charge is 2.30. The molecule has 3 aromatic rings. The van der Waals surface area contributed by atoms with Gasteiger partial charge in [-0.1, -0.05) is 52.9 Å². The number of hydrogen-bond acceptors (Lipinski definition) is 4. The average Bonchev–Trinajstić information content (AvgIpc) is 2.67. The standard InChI is InChI=1S/C18H13BCl2F3N5O2/c19-10-3-1-2-9(4-10)13-5-14(16(30)29(28-13)8-18(22,23)24)26-17(31)27-15-11(20)6-25-7-12(15)21/h1-7H,8,19H2,(H2,25,26,27,31). The zero-order valence-electron chi connectivity index (χ0n) is 15.8. The van der Waals surface area contributed by atoms with Crippen molar-refractivity contribution in [2.45, 2.75) is 12.7 Å². The minimum absolute atomic E-state index is 0.0272. The van der Waals surface area contributed by atoms with E-state index in [1.54, 1.807) is 32.1 Å². The van der Waals surface area contributed by atoms with Gasteiger partial charge in [0, 0.05) is 18.0 Å². The van der Waals surface area contributed by atoms with E-state index in [0.717, 1.165) is 5.46 Å². The number of nitrogens with one attached hydrogen (secondary N) is 2. The fourth-order valence-electron chi connectivity index (χ4n) is 2.65. The number of urea groups is 1. The normalized spacial score (nSPS) is 11.3. The summed E-state index contributed by atoms with van der Waals surface area (Å²) in [5.74, 6) is 0. The molecular weight excluding hydrogens is 457 g/mol. The summed E-state index contributed by atoms with van der Waals surface area (Å²) in [7, 11) is 1.80. The Morgan fingerprint density at radius 3 is 2.42 bits per heavy atom. The van der Waals surface area contributed by atoms with Gasteiger partial charge < -0.3 is 10.6 Å². The van der Waals surface area contributed by atoms with Crippen molar-refractivity contribution in [2.24, 2.45) is 0 Å². The number of halogens is 5. The van der Waals surface area contributed by atoms with Crippen LogP contribution in [0.25, 0.3) is 11.3 Å². The fourth-order valence-corrected chi connectivity index (χ4v) is 3.11. The zero-order valence-corrected chi connectivity index (χ0v) is 17.3. The molecule has 0 atom stereocenters. The van der Waals surface area contributed by atoms with Gasteiger partial charge in [0.2, 0.25) is 0 Å². The van der Waals surface area contributed by atoms with Crippen LogP contribution in [0.15, 0.2) is 47.5 Å². The quantitative estimate of drug-likeness (QED) is 0.574. The lowest BCUT2D eigenvalue weighted by Crippen LogP contribution is -2.34. The minimum atomic E-state index is -4.69. The molecule has 3 rings (SSSR count). The van der Waals surface area contributed by atoms with Gasteiger partial charge in [-0.2, -0.15) is 18.3 Å². The number of rotatable bonds is 4. The number of nitrogens with zero attached hydrogens (tertiary/aromatic N) is 3. The Balaban J connectivity index is 2.00. The van der Waals surface area contributed by atoms with E-state index in [2.05, 4.69) is 20.7 Å². The van der Waals surface area contributed by atoms with Crippen LogP contribution in [0.4, 0.5) is 29.3 Å². The van der Waals surface area contributed by atoms with E-state index < -0.39 is 30.0 Å². The van der Waals surface area contributed by atoms with E-state index in [-0.39, 0.29) is 26.1 Å². The number of aromatic nitrogens is 3. The summed E-state index contributed by atoms with van der Waals surface area (Å²) >= 11 is 11.9. The molecule has 2 amide bonds. The van der Waals surface area contributed by atoms with E-state index >= 15 is 0 Å². The van der Waals surface area contributed by atoms with Gasteiger partial charge in [-0.15, -0.1) is 0 Å². The van der Waals surface area contributed by atoms with Crippen LogP contribution in [0, 0.1) is 0 Å². The first-order valence-electron chi connectivity index (χ1n) is 8.66. The Labute approximate surface area is 184 Å². The smallest absolute Gasteiger partial charge is 0.305 e. The highest BCUT2D eigenvalue weighted by Crippen LogP contribution is 2.28. The Kier molecular flexibility index (Phi) is 6.56. The molecule has 2 aromatic heterocycles. The third-order valence-corrected chi connectivity index (χ3v) is 4.53. The molecule has 0 unspecified atom stereocenters. The van der Waals surface area contributed by atoms with Gasteiger partial charge in [0.15, 0.2) is 0 Å². The van der Waals surface area contributed by atoms with Gasteiger partial charge in [0.25, 0.3) is 5.56 Å². The van der Waals surface area contributed by atoms with Crippen LogP contribution in [-0.4, -0.2) is 34.8 Å². The fraction of sp³-hybridized carbons (Fsp3) is 0.111. The largest absolute Gasteiger partial charge is 0.408 e. The van der Waals surface area contributed by atoms with Crippen molar-refractivity contribution in [2.75, 3.05) is 10.6 Å². The lowest BCUT2D eigenvalue weighted by molar-refractivity contribution is -0.143. The molecule has 2 heterocycles. The molecular formula is C18H13BCl2F3N5O2. The number of carbonyl (C=O) groups excluding carboxylic acids is 1. The average molecular weight is 470 g/mol. The van der Waals surface area contributed by atoms with Gasteiger partial charge >= 0.3 is 12.2 Å². The molecule has 0 saturated carbocycles. The lowest BCUT2D eigenvalue weighted by Gasteiger charge is -2.14. The van der Waals surface area contributed by atoms with Gasteiger partial charge in [-0.25, -0.2) is 9.48 Å². The second kappa shape index (κ2) is 8.99. The Hall–Kier alpha value is -3.05. The molecule has 0 saturated heterocycles. The molecule has 2 N–H and O–H groups in total. The third kappa shape index (κ3) is 5.77. The molecule has 1 aromatic carbocycles. The van der Waals surface area contributed by atoms with E-state index in [1.165, 1.54) is 18.5 Å². The Morgan fingerprint density at radius 1 is 1.13 bits per heavy atom. The molecule has 0 aliphatic carbocycles. The van der Waals surface area contributed by atoms with E-state index in [1.807, 2.05) is 0 Å². The van der Waals surface area contributed by atoms with Crippen molar-refractivity contribution in [1.82, 2.24) is 14.8 Å². The number of pyridine rings is 1. The van der Waals surface area contributed by atoms with Crippen LogP contribution in [-0.2, 0) is 6.54 Å². The van der Waals surface area contributed by atoms with Crippen molar-refractivity contribution in [3.63, 3.8) is 0 Å². The summed E-state index contributed by atoms with van der Waals surface area (Å²) in [6.07, 6.45) is -2.22. The summed E-state index contributed by atoms with van der Waals surface area (Å²) in [4.78, 5) is 28.6. The lowest BCUT2D eigenvalue weighted by atomic mass is 9.93. The van der Waals surface area contributed by atoms with Crippen molar-refractivity contribution < 1.29 is 18.0 Å². The first-order chi connectivity index (χ1) is 14.5. The number of carbonyl (C=O) groups is 1. The maximum Gasteiger partial charge on any atom is 0.408 e. The predicted octanol–water partition coefficient (Wildman–Crippen LogP) is 3.08. The molecule has 0 fully saturated rings. The SMILES string of the molecule is Bc1cccc(-c2cc(NC(=O)Nc3c(Cl)cncc3Cl)c(=O)n(CC(F)(F)F)n2)c1. The summed E-state index contributed by atoms with van der Waals surface area (Å²) in [5, 5.41) is 8.46. The van der Waals surface area contributed by atoms with Crippen LogP contribution in [0.1, 0.15) is 0 Å². The molecule has 0 radical (unpaired) electrons. The predicted molar refractivity (Wildman–Crippen MR) is 115 cm³/mol. The minimum Gasteiger partial charge on any atom is -0.305 e. The van der Waals surface area contributed by atoms with Gasteiger partial charge in [-0.05, 0) is 6.07 Å². The van der Waals surface area contributed by atoms with Crippen LogP contribution in [0.5, 0.6) is 0 Å². The van der Waals surface area contributed by atoms with Gasteiger partial charge in [0.05, 0.1) is 21.4 Å². The number of benzene rings is 1. The highest BCUT2D eigenvalue weighted by molar-refractivity contribution is 6.39. The zero-order chi connectivity index (χ0) is 22.8. The van der Waals surface area contributed by atoms with Crippen molar-refractivity contribution in [3.05, 3.63) is 63.1 Å². The van der Waals surface area contributed by atoms with Gasteiger partial charge in [0.1, 0.15) is 20.1 Å². The molecule has 13 heteroatoms. The second-order valence-electron chi connectivity index (χ2n) is 6.45. The molecule has 160 valence electrons. The molecule has 0 spiro atoms. The van der Waals surface area contributed by atoms with Crippen molar-refractivity contribution in [1.29, 1.82) is 0 Å². The van der Waals surface area contributed by atoms with Crippen molar-refractivity contribution >= 4 is 53.9 Å². The maximum atomic E-state index is 13.0. The molecule has 0 aliphatic heterocycles. The monoisotopic (exact) mass is 469 g/mol. The third-order valence-electron chi connectivity index (χ3n) is 3.96. The van der Waals surface area contributed by atoms with E-state index in [4.69, 9.17) is 23.2 Å². The number of amides is 2. The highest BCUT2D eigenvalue weighted by atomic mass is 35.5. The topological polar surface area (TPSA) is 88.9 Å². The summed E-state index contributed by atoms with van der Waals surface area (Å²) in [6.45, 7) is -1.62. The van der Waals surface area contributed by atoms with Crippen LogP contribution < -0.4 is 21.7 Å². The van der Waals surface area contributed by atoms with E-state index in [9.17, 15) is 22.8 Å². The van der Waals surface area contributed by atoms with Crippen LogP contribution in [0.2, 0.25) is 10.0 Å². The molecule has 0 bridgehead atoms. The summed E-state index contributed by atoms with van der Waals surface area (Å²) < 4.78 is 39.1. The molecule has 31 heavy (non-hydrogen) atoms. The Bertz CT molecular complexity index is 1180. The molecule has 7 nitrogen and oxygen atoms in total. The number of anilines is 2. The first kappa shape index (κ1) is 22.6. The summed E-state index contributed by atoms with van der Waals surface area (Å²) in [5.41, 5.74) is -0.130. The number of alkyl halides is 3. The number of hydrogen-bond donors (Lipinski definition) is 2. The summed E-state index contributed by atoms with van der Waals surface area (Å²) in [6, 6.07) is 7.05. The first-order valence-corrected chi connectivity index (χ1v) is 9.42. The molecule has 0 aliphatic rings. The van der Waals surface area contributed by atoms with Crippen molar-refractivity contribution in [3.8, 4) is 11.3 Å². The van der Waals surface area contributed by atoms with Crippen LogP contribution in [0.3, 0.4) is 0 Å².